The highest BCUT2D eigenvalue weighted by Crippen LogP contribution is 2.49. The minimum atomic E-state index is 0.645. The van der Waals surface area contributed by atoms with Crippen LogP contribution in [-0.4, -0.2) is 25.5 Å². The third-order valence-electron chi connectivity index (χ3n) is 4.69. The molecule has 1 fully saturated rings. The number of benzene rings is 1. The second-order valence-corrected chi connectivity index (χ2v) is 7.17. The van der Waals surface area contributed by atoms with Crippen LogP contribution >= 0.6 is 23.2 Å². The highest BCUT2D eigenvalue weighted by molar-refractivity contribution is 6.42. The van der Waals surface area contributed by atoms with Crippen molar-refractivity contribution in [3.63, 3.8) is 0 Å². The van der Waals surface area contributed by atoms with E-state index in [1.165, 1.54) is 31.2 Å². The molecule has 20 heavy (non-hydrogen) atoms. The monoisotopic (exact) mass is 309 g/mol. The van der Waals surface area contributed by atoms with Crippen LogP contribution in [0.4, 0.5) is 0 Å². The van der Waals surface area contributed by atoms with Gasteiger partial charge in [0.2, 0.25) is 0 Å². The SMILES string of the molecule is CN(C)CC1=C(c2ccc(Cl)c(Cl)c2)C2CCC1CC2. The summed E-state index contributed by atoms with van der Waals surface area (Å²) in [4.78, 5) is 2.29. The minimum absolute atomic E-state index is 0.645. The van der Waals surface area contributed by atoms with Gasteiger partial charge in [-0.15, -0.1) is 0 Å². The van der Waals surface area contributed by atoms with Gasteiger partial charge in [0.1, 0.15) is 0 Å². The van der Waals surface area contributed by atoms with Crippen molar-refractivity contribution in [2.45, 2.75) is 25.7 Å². The largest absolute Gasteiger partial charge is 0.305 e. The molecule has 0 radical (unpaired) electrons. The van der Waals surface area contributed by atoms with Gasteiger partial charge in [-0.1, -0.05) is 29.3 Å². The van der Waals surface area contributed by atoms with Crippen molar-refractivity contribution in [1.82, 2.24) is 4.90 Å². The van der Waals surface area contributed by atoms with E-state index in [2.05, 4.69) is 31.1 Å². The Balaban J connectivity index is 2.07. The Hall–Kier alpha value is -0.500. The zero-order valence-corrected chi connectivity index (χ0v) is 13.6. The molecule has 0 unspecified atom stereocenters. The van der Waals surface area contributed by atoms with Gasteiger partial charge in [0.05, 0.1) is 10.0 Å². The lowest BCUT2D eigenvalue weighted by Crippen LogP contribution is -2.31. The van der Waals surface area contributed by atoms with Crippen LogP contribution in [0.2, 0.25) is 10.0 Å². The number of fused-ring (bicyclic) bond motifs is 2. The molecule has 0 aromatic heterocycles. The normalized spacial score (nSPS) is 25.6. The number of hydrogen-bond donors (Lipinski definition) is 0. The van der Waals surface area contributed by atoms with Gasteiger partial charge in [-0.05, 0) is 80.5 Å². The standard InChI is InChI=1S/C17H21Cl2N/c1-20(2)10-14-11-3-5-12(6-4-11)17(14)13-7-8-15(18)16(19)9-13/h7-9,11-12H,3-6,10H2,1-2H3. The van der Waals surface area contributed by atoms with Gasteiger partial charge >= 0.3 is 0 Å². The van der Waals surface area contributed by atoms with Crippen molar-refractivity contribution in [2.75, 3.05) is 20.6 Å². The number of nitrogens with zero attached hydrogens (tertiary/aromatic N) is 1. The molecule has 1 aromatic rings. The highest BCUT2D eigenvalue weighted by Gasteiger charge is 2.35. The summed E-state index contributed by atoms with van der Waals surface area (Å²) >= 11 is 12.3. The van der Waals surface area contributed by atoms with Crippen molar-refractivity contribution >= 4 is 28.8 Å². The third kappa shape index (κ3) is 2.64. The highest BCUT2D eigenvalue weighted by atomic mass is 35.5. The smallest absolute Gasteiger partial charge is 0.0598 e. The van der Waals surface area contributed by atoms with Gasteiger partial charge in [-0.25, -0.2) is 0 Å². The molecule has 0 heterocycles. The molecule has 0 spiro atoms. The van der Waals surface area contributed by atoms with E-state index >= 15 is 0 Å². The summed E-state index contributed by atoms with van der Waals surface area (Å²) in [6.45, 7) is 1.07. The first-order valence-corrected chi connectivity index (χ1v) is 8.15. The second-order valence-electron chi connectivity index (χ2n) is 6.35. The molecular weight excluding hydrogens is 289 g/mol. The zero-order chi connectivity index (χ0) is 14.3. The average Bonchev–Trinajstić information content (AvgIpc) is 2.43. The van der Waals surface area contributed by atoms with Crippen LogP contribution in [-0.2, 0) is 0 Å². The fourth-order valence-corrected chi connectivity index (χ4v) is 4.15. The van der Waals surface area contributed by atoms with E-state index in [1.54, 1.807) is 11.1 Å². The number of rotatable bonds is 3. The van der Waals surface area contributed by atoms with Gasteiger partial charge in [-0.3, -0.25) is 0 Å². The number of halogens is 2. The Morgan fingerprint density at radius 2 is 1.65 bits per heavy atom. The van der Waals surface area contributed by atoms with Crippen molar-refractivity contribution in [3.05, 3.63) is 39.4 Å². The summed E-state index contributed by atoms with van der Waals surface area (Å²) in [6.07, 6.45) is 5.38. The first-order chi connectivity index (χ1) is 9.56. The first kappa shape index (κ1) is 14.4. The molecule has 0 amide bonds. The van der Waals surface area contributed by atoms with Crippen molar-refractivity contribution in [2.24, 2.45) is 11.8 Å². The maximum Gasteiger partial charge on any atom is 0.0598 e. The molecule has 2 bridgehead atoms. The molecule has 1 saturated carbocycles. The second kappa shape index (κ2) is 5.71. The number of allylic oxidation sites excluding steroid dienone is 1. The van der Waals surface area contributed by atoms with Gasteiger partial charge in [0.25, 0.3) is 0 Å². The Kier molecular flexibility index (Phi) is 4.12. The molecule has 0 aliphatic heterocycles. The van der Waals surface area contributed by atoms with E-state index in [4.69, 9.17) is 23.2 Å². The number of hydrogen-bond acceptors (Lipinski definition) is 1. The lowest BCUT2D eigenvalue weighted by Gasteiger charge is -2.41. The molecule has 0 N–H and O–H groups in total. The molecule has 3 heteroatoms. The maximum absolute atomic E-state index is 6.22. The summed E-state index contributed by atoms with van der Waals surface area (Å²) in [6, 6.07) is 6.12. The summed E-state index contributed by atoms with van der Waals surface area (Å²) in [5.74, 6) is 1.49. The van der Waals surface area contributed by atoms with Crippen molar-refractivity contribution in [1.29, 1.82) is 0 Å². The summed E-state index contributed by atoms with van der Waals surface area (Å²) in [7, 11) is 4.31. The lowest BCUT2D eigenvalue weighted by atomic mass is 9.65. The average molecular weight is 310 g/mol. The van der Waals surface area contributed by atoms with Gasteiger partial charge < -0.3 is 4.90 Å². The van der Waals surface area contributed by atoms with Crippen molar-refractivity contribution in [3.8, 4) is 0 Å². The van der Waals surface area contributed by atoms with E-state index in [-0.39, 0.29) is 0 Å². The van der Waals surface area contributed by atoms with Crippen LogP contribution in [0.3, 0.4) is 0 Å². The lowest BCUT2D eigenvalue weighted by molar-refractivity contribution is 0.299. The Morgan fingerprint density at radius 3 is 2.25 bits per heavy atom. The van der Waals surface area contributed by atoms with E-state index in [0.717, 1.165) is 12.5 Å². The van der Waals surface area contributed by atoms with E-state index in [0.29, 0.717) is 16.0 Å². The molecule has 3 aliphatic carbocycles. The number of likely N-dealkylation sites (N-methyl/N-ethyl adjacent to an activating group) is 1. The molecule has 1 nitrogen and oxygen atoms in total. The van der Waals surface area contributed by atoms with Gasteiger partial charge in [0, 0.05) is 6.54 Å². The molecule has 108 valence electrons. The van der Waals surface area contributed by atoms with Crippen LogP contribution in [0.25, 0.3) is 5.57 Å². The van der Waals surface area contributed by atoms with Crippen LogP contribution in [0.5, 0.6) is 0 Å². The maximum atomic E-state index is 6.22. The van der Waals surface area contributed by atoms with E-state index in [9.17, 15) is 0 Å². The van der Waals surface area contributed by atoms with E-state index < -0.39 is 0 Å². The summed E-state index contributed by atoms with van der Waals surface area (Å²) < 4.78 is 0. The summed E-state index contributed by atoms with van der Waals surface area (Å²) in [5, 5.41) is 1.31. The predicted molar refractivity (Wildman–Crippen MR) is 87.4 cm³/mol. The molecular formula is C17H21Cl2N. The topological polar surface area (TPSA) is 3.24 Å². The fraction of sp³-hybridized carbons (Fsp3) is 0.529. The van der Waals surface area contributed by atoms with Gasteiger partial charge in [0.15, 0.2) is 0 Å². The van der Waals surface area contributed by atoms with Crippen LogP contribution in [0.1, 0.15) is 31.2 Å². The zero-order valence-electron chi connectivity index (χ0n) is 12.1. The molecule has 3 aliphatic rings. The Morgan fingerprint density at radius 1 is 1.00 bits per heavy atom. The molecule has 0 atom stereocenters. The molecule has 1 aromatic carbocycles. The minimum Gasteiger partial charge on any atom is -0.305 e. The Bertz CT molecular complexity index is 540. The fourth-order valence-electron chi connectivity index (χ4n) is 3.85. The summed E-state index contributed by atoms with van der Waals surface area (Å²) in [5.41, 5.74) is 4.47. The van der Waals surface area contributed by atoms with Crippen molar-refractivity contribution < 1.29 is 0 Å². The quantitative estimate of drug-likeness (QED) is 0.748. The molecule has 0 saturated heterocycles. The van der Waals surface area contributed by atoms with Gasteiger partial charge in [-0.2, -0.15) is 0 Å². The first-order valence-electron chi connectivity index (χ1n) is 7.39. The van der Waals surface area contributed by atoms with E-state index in [1.807, 2.05) is 6.07 Å². The van der Waals surface area contributed by atoms with Crippen LogP contribution in [0, 0.1) is 11.8 Å². The third-order valence-corrected chi connectivity index (χ3v) is 5.43. The molecule has 4 rings (SSSR count). The predicted octanol–water partition coefficient (Wildman–Crippen LogP) is 5.13. The van der Waals surface area contributed by atoms with Crippen LogP contribution < -0.4 is 0 Å². The Labute approximate surface area is 131 Å². The van der Waals surface area contributed by atoms with Crippen LogP contribution in [0.15, 0.2) is 23.8 Å².